The summed E-state index contributed by atoms with van der Waals surface area (Å²) in [5, 5.41) is 0. The summed E-state index contributed by atoms with van der Waals surface area (Å²) in [5.74, 6) is 6.96. The molecule has 1 aliphatic carbocycles. The predicted molar refractivity (Wildman–Crippen MR) is 483 cm³/mol. The van der Waals surface area contributed by atoms with Gasteiger partial charge in [-0.1, -0.05) is 364 Å². The van der Waals surface area contributed by atoms with Crippen molar-refractivity contribution in [3.05, 3.63) is 430 Å². The van der Waals surface area contributed by atoms with Crippen LogP contribution in [0.3, 0.4) is 0 Å². The Morgan fingerprint density at radius 2 is 0.358 bits per heavy atom. The number of hydrogen-bond acceptors (Lipinski definition) is 12. The van der Waals surface area contributed by atoms with Crippen LogP contribution in [0.25, 0.3) is 198 Å². The van der Waals surface area contributed by atoms with Crippen LogP contribution in [0.2, 0.25) is 0 Å². The van der Waals surface area contributed by atoms with Crippen LogP contribution >= 0.6 is 0 Å². The maximum absolute atomic E-state index is 5.28. The van der Waals surface area contributed by atoms with Gasteiger partial charge in [-0.25, -0.2) is 59.8 Å². The zero-order valence-electron chi connectivity index (χ0n) is 65.0. The highest BCUT2D eigenvalue weighted by atomic mass is 15.1. The average molecular weight is 1540 g/mol. The van der Waals surface area contributed by atoms with Gasteiger partial charge in [0.05, 0.1) is 0 Å². The largest absolute Gasteiger partial charge is 0.212 e. The zero-order valence-corrected chi connectivity index (χ0v) is 65.0. The van der Waals surface area contributed by atoms with E-state index in [-0.39, 0.29) is 5.92 Å². The molecule has 0 aliphatic heterocycles. The van der Waals surface area contributed by atoms with Crippen LogP contribution in [0, 0.1) is 0 Å². The van der Waals surface area contributed by atoms with Crippen LogP contribution in [0.5, 0.6) is 0 Å². The Labute approximate surface area is 695 Å². The summed E-state index contributed by atoms with van der Waals surface area (Å²) in [6.45, 7) is 0. The SMILES string of the molecule is C1=CC(c2cc(-c3cccc(-c4nc(-c5ccccc5)nc(-c5ccccc5)n4)c3)cc(-c3ccccc3-c3ccccc3-c3cc(-c4cccc(-c5nc(-c6ccccc6)nc(-c6ccccc6)n5)c4)cc(-c4cccc(-c5nc(-c6ccccc6)nc(-c6ccccc6)n5)c4)c3)c2)=CC(c2nc(-c3ccccc3)nc(-c3ccccc3)n2)C1. The molecule has 564 valence electrons. The van der Waals surface area contributed by atoms with E-state index in [0.717, 1.165) is 139 Å². The van der Waals surface area contributed by atoms with Gasteiger partial charge in [0.1, 0.15) is 5.82 Å². The van der Waals surface area contributed by atoms with Gasteiger partial charge in [0.25, 0.3) is 0 Å². The second-order valence-electron chi connectivity index (χ2n) is 29.5. The lowest BCUT2D eigenvalue weighted by molar-refractivity contribution is 0.766. The first-order valence-electron chi connectivity index (χ1n) is 40.1. The van der Waals surface area contributed by atoms with Gasteiger partial charge in [0.15, 0.2) is 64.1 Å². The molecular formula is C108H72N12. The van der Waals surface area contributed by atoms with Crippen LogP contribution in [0.1, 0.15) is 23.7 Å². The van der Waals surface area contributed by atoms with E-state index in [1.165, 1.54) is 0 Å². The van der Waals surface area contributed by atoms with Crippen LogP contribution in [-0.2, 0) is 0 Å². The molecule has 4 heterocycles. The summed E-state index contributed by atoms with van der Waals surface area (Å²) in [7, 11) is 0. The van der Waals surface area contributed by atoms with E-state index < -0.39 is 0 Å². The molecule has 0 radical (unpaired) electrons. The smallest absolute Gasteiger partial charge is 0.164 e. The summed E-state index contributed by atoms with van der Waals surface area (Å²) in [5.41, 5.74) is 23.9. The number of rotatable bonds is 19. The van der Waals surface area contributed by atoms with Crippen molar-refractivity contribution in [2.24, 2.45) is 0 Å². The van der Waals surface area contributed by atoms with E-state index in [4.69, 9.17) is 59.8 Å². The van der Waals surface area contributed by atoms with E-state index >= 15 is 0 Å². The van der Waals surface area contributed by atoms with Gasteiger partial charge >= 0.3 is 0 Å². The fourth-order valence-corrected chi connectivity index (χ4v) is 15.5. The molecule has 4 aromatic heterocycles. The first kappa shape index (κ1) is 72.8. The maximum atomic E-state index is 5.28. The van der Waals surface area contributed by atoms with Gasteiger partial charge in [-0.3, -0.25) is 0 Å². The van der Waals surface area contributed by atoms with E-state index in [0.29, 0.717) is 76.3 Å². The molecule has 1 atom stereocenters. The molecule has 0 fully saturated rings. The Balaban J connectivity index is 0.751. The Bertz CT molecular complexity index is 6620. The molecule has 19 aromatic rings. The summed E-state index contributed by atoms with van der Waals surface area (Å²) >= 11 is 0. The third-order valence-electron chi connectivity index (χ3n) is 21.5. The van der Waals surface area contributed by atoms with Gasteiger partial charge in [0.2, 0.25) is 0 Å². The Morgan fingerprint density at radius 3 is 0.642 bits per heavy atom. The minimum Gasteiger partial charge on any atom is -0.212 e. The average Bonchev–Trinajstić information content (AvgIpc) is 0.766. The normalized spacial score (nSPS) is 12.4. The summed E-state index contributed by atoms with van der Waals surface area (Å²) < 4.78 is 0. The molecule has 0 saturated heterocycles. The van der Waals surface area contributed by atoms with Crippen molar-refractivity contribution in [1.29, 1.82) is 0 Å². The molecule has 0 bridgehead atoms. The Kier molecular flexibility index (Phi) is 20.0. The van der Waals surface area contributed by atoms with Crippen molar-refractivity contribution in [2.75, 3.05) is 0 Å². The molecule has 0 spiro atoms. The molecule has 0 N–H and O–H groups in total. The molecule has 15 aromatic carbocycles. The Morgan fingerprint density at radius 1 is 0.158 bits per heavy atom. The fourth-order valence-electron chi connectivity index (χ4n) is 15.5. The molecule has 12 nitrogen and oxygen atoms in total. The molecule has 1 unspecified atom stereocenters. The predicted octanol–water partition coefficient (Wildman–Crippen LogP) is 25.9. The van der Waals surface area contributed by atoms with E-state index in [2.05, 4.69) is 200 Å². The van der Waals surface area contributed by atoms with Gasteiger partial charge < -0.3 is 0 Å². The quantitative estimate of drug-likeness (QED) is 0.0757. The van der Waals surface area contributed by atoms with Crippen molar-refractivity contribution >= 4 is 5.57 Å². The number of aromatic nitrogens is 12. The highest BCUT2D eigenvalue weighted by Gasteiger charge is 2.25. The van der Waals surface area contributed by atoms with Gasteiger partial charge in [0, 0.05) is 67.1 Å². The van der Waals surface area contributed by atoms with Crippen molar-refractivity contribution in [1.82, 2.24) is 59.8 Å². The van der Waals surface area contributed by atoms with Crippen molar-refractivity contribution in [2.45, 2.75) is 12.3 Å². The lowest BCUT2D eigenvalue weighted by Gasteiger charge is -2.20. The fraction of sp³-hybridized carbons (Fsp3) is 0.0185. The van der Waals surface area contributed by atoms with Crippen molar-refractivity contribution < 1.29 is 0 Å². The van der Waals surface area contributed by atoms with Gasteiger partial charge in [-0.2, -0.15) is 0 Å². The number of allylic oxidation sites excluding steroid dienone is 4. The second kappa shape index (κ2) is 33.0. The Hall–Kier alpha value is -16.2. The molecule has 1 aliphatic rings. The van der Waals surface area contributed by atoms with E-state index in [9.17, 15) is 0 Å². The van der Waals surface area contributed by atoms with E-state index in [1.54, 1.807) is 0 Å². The van der Waals surface area contributed by atoms with Crippen LogP contribution in [0.4, 0.5) is 0 Å². The van der Waals surface area contributed by atoms with Gasteiger partial charge in [-0.05, 0) is 139 Å². The molecule has 0 saturated carbocycles. The molecular weight excluding hydrogens is 1470 g/mol. The van der Waals surface area contributed by atoms with Crippen LogP contribution < -0.4 is 0 Å². The van der Waals surface area contributed by atoms with E-state index in [1.807, 2.05) is 218 Å². The van der Waals surface area contributed by atoms with Crippen molar-refractivity contribution in [3.63, 3.8) is 0 Å². The highest BCUT2D eigenvalue weighted by Crippen LogP contribution is 2.45. The maximum Gasteiger partial charge on any atom is 0.164 e. The number of nitrogens with zero attached hydrogens (tertiary/aromatic N) is 12. The molecule has 20 rings (SSSR count). The summed E-state index contributed by atoms with van der Waals surface area (Å²) in [6.07, 6.45) is 7.52. The second-order valence-corrected chi connectivity index (χ2v) is 29.5. The minimum atomic E-state index is -0.187. The molecule has 12 heteroatoms. The third-order valence-corrected chi connectivity index (χ3v) is 21.5. The highest BCUT2D eigenvalue weighted by molar-refractivity contribution is 5.96. The monoisotopic (exact) mass is 1540 g/mol. The third kappa shape index (κ3) is 15.6. The molecule has 0 amide bonds. The summed E-state index contributed by atoms with van der Waals surface area (Å²) in [4.78, 5) is 62.1. The standard InChI is InChI=1S/C108H72N12/c1-9-33-71(34-10-1)97-109-98(72-35-11-2-12-36-72)114-105(113-97)83-53-29-49-79(61-83)87-65-88(80-50-30-54-84(62-80)106-115-99(73-37-13-3-14-38-73)110-100(116-106)74-39-15-4-16-40-74)68-91(67-87)93-57-25-27-59-95(93)96-60-28-26-58-94(96)92-69-89(81-51-31-55-85(63-81)107-117-101(75-41-17-5-18-42-75)111-102(118-107)76-43-19-6-20-44-76)66-90(70-92)82-52-32-56-86(64-82)108-119-103(77-45-21-7-22-46-77)112-104(120-108)78-47-23-8-24-48-78/h1-55,57-70,86H,56H2. The topological polar surface area (TPSA) is 155 Å². The lowest BCUT2D eigenvalue weighted by atomic mass is 9.85. The lowest BCUT2D eigenvalue weighted by Crippen LogP contribution is -2.09. The zero-order chi connectivity index (χ0) is 79.9. The minimum absolute atomic E-state index is 0.187. The van der Waals surface area contributed by atoms with Crippen LogP contribution in [0.15, 0.2) is 419 Å². The van der Waals surface area contributed by atoms with Gasteiger partial charge in [-0.15, -0.1) is 0 Å². The molecule has 120 heavy (non-hydrogen) atoms. The van der Waals surface area contributed by atoms with Crippen molar-refractivity contribution in [3.8, 4) is 192 Å². The first-order valence-corrected chi connectivity index (χ1v) is 40.1. The number of hydrogen-bond donors (Lipinski definition) is 0. The number of benzene rings is 15. The van der Waals surface area contributed by atoms with Crippen LogP contribution in [-0.4, -0.2) is 59.8 Å². The first-order chi connectivity index (χ1) is 59.4. The summed E-state index contributed by atoms with van der Waals surface area (Å²) in [6, 6.07) is 138.